The lowest BCUT2D eigenvalue weighted by molar-refractivity contribution is -0.939. The van der Waals surface area contributed by atoms with Crippen molar-refractivity contribution in [2.45, 2.75) is 136 Å². The number of hydrogen-bond donors (Lipinski definition) is 2. The summed E-state index contributed by atoms with van der Waals surface area (Å²) >= 11 is 0. The summed E-state index contributed by atoms with van der Waals surface area (Å²) in [5.74, 6) is 0.730. The molecular formula is C66H78N6O12S2. The van der Waals surface area contributed by atoms with E-state index in [1.54, 1.807) is 24.8 Å². The Bertz CT molecular complexity index is 3300. The van der Waals surface area contributed by atoms with Crippen molar-refractivity contribution in [2.75, 3.05) is 63.0 Å². The number of fused-ring (bicyclic) bond motifs is 7. The number of aromatic nitrogens is 2. The number of pyridine rings is 2. The van der Waals surface area contributed by atoms with Crippen molar-refractivity contribution >= 4 is 66.1 Å². The summed E-state index contributed by atoms with van der Waals surface area (Å²) in [6.07, 6.45) is 23.0. The molecule has 2 aliphatic carbocycles. The van der Waals surface area contributed by atoms with Crippen molar-refractivity contribution in [3.8, 4) is 0 Å². The van der Waals surface area contributed by atoms with Crippen LogP contribution in [0.3, 0.4) is 0 Å². The molecule has 0 unspecified atom stereocenters. The van der Waals surface area contributed by atoms with Gasteiger partial charge in [-0.3, -0.25) is 29.1 Å². The summed E-state index contributed by atoms with van der Waals surface area (Å²) < 4.78 is 80.4. The van der Waals surface area contributed by atoms with Crippen LogP contribution in [0.4, 0.5) is 11.4 Å². The molecule has 20 heteroatoms. The van der Waals surface area contributed by atoms with Gasteiger partial charge in [-0.2, -0.15) is 0 Å². The zero-order chi connectivity index (χ0) is 60.4. The lowest BCUT2D eigenvalue weighted by atomic mass is 9.74. The number of esters is 2. The highest BCUT2D eigenvalue weighted by atomic mass is 32.2. The first-order valence-corrected chi connectivity index (χ1v) is 33.3. The van der Waals surface area contributed by atoms with E-state index in [0.29, 0.717) is 33.9 Å². The van der Waals surface area contributed by atoms with Crippen molar-refractivity contribution in [2.24, 2.45) is 11.8 Å². The predicted octanol–water partition coefficient (Wildman–Crippen LogP) is 9.58. The van der Waals surface area contributed by atoms with Gasteiger partial charge in [0.25, 0.3) is 11.8 Å². The number of nitrogens with zero attached hydrogens (tertiary/aromatic N) is 4. The molecule has 2 N–H and O–H groups in total. The van der Waals surface area contributed by atoms with E-state index >= 15 is 0 Å². The van der Waals surface area contributed by atoms with Crippen LogP contribution in [0.2, 0.25) is 0 Å². The number of rotatable bonds is 14. The summed E-state index contributed by atoms with van der Waals surface area (Å²) in [7, 11) is -9.48. The minimum atomic E-state index is -4.74. The second kappa shape index (κ2) is 27.0. The summed E-state index contributed by atoms with van der Waals surface area (Å²) in [6.45, 7) is 6.21. The van der Waals surface area contributed by atoms with E-state index in [4.69, 9.17) is 9.47 Å². The number of anilines is 2. The second-order valence-corrected chi connectivity index (χ2v) is 27.3. The van der Waals surface area contributed by atoms with Crippen LogP contribution in [-0.2, 0) is 59.7 Å². The molecule has 4 bridgehead atoms. The SMILES string of the molecule is O=C(C[N+]12CCC(CC1)[C@@H](OC(=O)C1(c3ccccc3)CCCCCC1)C2)Nc1cccnc1.O=C(C[N+]12CCC(CC1)[C@@H](OC(=O)C1(c3ccccc3)CCCCCC1)C2)Nc1cccnc1.O=S(=O)([O-])c1cccc2c(S(=O)(=O)[O-])cccc12. The van der Waals surface area contributed by atoms with Crippen LogP contribution >= 0.6 is 0 Å². The molecule has 0 spiro atoms. The topological polar surface area (TPSA) is 251 Å². The maximum Gasteiger partial charge on any atom is 0.317 e. The molecule has 8 aliphatic rings. The van der Waals surface area contributed by atoms with Gasteiger partial charge in [0.1, 0.15) is 33.3 Å². The molecule has 4 aromatic carbocycles. The smallest absolute Gasteiger partial charge is 0.317 e. The lowest BCUT2D eigenvalue weighted by Crippen LogP contribution is -2.66. The third-order valence-corrected chi connectivity index (χ3v) is 21.0. The molecule has 6 aliphatic heterocycles. The second-order valence-electron chi connectivity index (χ2n) is 24.6. The molecular weight excluding hydrogens is 1130 g/mol. The van der Waals surface area contributed by atoms with E-state index < -0.39 is 40.9 Å². The maximum absolute atomic E-state index is 13.9. The Balaban J connectivity index is 0.000000150. The van der Waals surface area contributed by atoms with E-state index in [2.05, 4.69) is 44.9 Å². The molecule has 18 nitrogen and oxygen atoms in total. The third-order valence-electron chi connectivity index (χ3n) is 19.2. The quantitative estimate of drug-likeness (QED) is 0.0446. The molecule has 6 saturated heterocycles. The zero-order valence-corrected chi connectivity index (χ0v) is 50.3. The van der Waals surface area contributed by atoms with Crippen molar-refractivity contribution in [1.29, 1.82) is 0 Å². The van der Waals surface area contributed by atoms with E-state index in [0.717, 1.165) is 151 Å². The van der Waals surface area contributed by atoms with E-state index in [1.807, 2.05) is 60.7 Å². The summed E-state index contributed by atoms with van der Waals surface area (Å²) in [5, 5.41) is 5.81. The number of benzene rings is 4. The molecule has 2 atom stereocenters. The Morgan fingerprint density at radius 3 is 1.16 bits per heavy atom. The molecule has 6 aromatic rings. The first kappa shape index (κ1) is 62.1. The van der Waals surface area contributed by atoms with Gasteiger partial charge in [0.2, 0.25) is 0 Å². The number of quaternary nitrogens is 2. The van der Waals surface area contributed by atoms with Crippen LogP contribution in [0.5, 0.6) is 0 Å². The number of carbonyl (C=O) groups excluding carboxylic acids is 4. The standard InChI is InChI=1S/2C28H35N3O3.C10H8O6S2/c2*32-26(30-24-11-8-16-29-19-24)21-31-17-12-22(13-18-31)25(20-31)34-27(33)28(14-6-1-2-7-15-28)23-9-4-3-5-10-23;11-17(12,13)9-5-1-3-7-8(9)4-2-6-10(7)18(14,15)16/h2*3-5,8-11,16,19,22,25H,1-2,6-7,12-15,17-18,20-21H2;1-6H,(H,11,12,13)(H,14,15,16)/t2*22?,25-,31?;/m00./s1. The number of ether oxygens (including phenoxy) is 2. The molecule has 2 saturated carbocycles. The molecule has 2 amide bonds. The normalized spacial score (nSPS) is 24.8. The van der Waals surface area contributed by atoms with E-state index in [-0.39, 0.29) is 46.7 Å². The highest BCUT2D eigenvalue weighted by molar-refractivity contribution is 7.86. The van der Waals surface area contributed by atoms with Gasteiger partial charge >= 0.3 is 11.9 Å². The Morgan fingerprint density at radius 2 is 0.837 bits per heavy atom. The minimum Gasteiger partial charge on any atom is -0.744 e. The van der Waals surface area contributed by atoms with Gasteiger partial charge in [-0.1, -0.05) is 136 Å². The molecule has 8 fully saturated rings. The van der Waals surface area contributed by atoms with E-state index in [1.165, 1.54) is 49.9 Å². The van der Waals surface area contributed by atoms with Crippen molar-refractivity contribution in [3.63, 3.8) is 0 Å². The molecule has 2 aromatic heterocycles. The van der Waals surface area contributed by atoms with Gasteiger partial charge in [-0.05, 0) is 73.2 Å². The van der Waals surface area contributed by atoms with Gasteiger partial charge in [0.05, 0.1) is 70.6 Å². The Labute approximate surface area is 504 Å². The van der Waals surface area contributed by atoms with Crippen LogP contribution in [0, 0.1) is 11.8 Å². The average Bonchev–Trinajstić information content (AvgIpc) is 1.18. The van der Waals surface area contributed by atoms with Crippen LogP contribution in [0.1, 0.15) is 114 Å². The number of hydrogen-bond acceptors (Lipinski definition) is 14. The van der Waals surface area contributed by atoms with Crippen LogP contribution < -0.4 is 10.6 Å². The Morgan fingerprint density at radius 1 is 0.477 bits per heavy atom. The number of amides is 2. The van der Waals surface area contributed by atoms with Crippen LogP contribution in [0.15, 0.2) is 156 Å². The van der Waals surface area contributed by atoms with Crippen molar-refractivity contribution in [1.82, 2.24) is 9.97 Å². The predicted molar refractivity (Wildman–Crippen MR) is 322 cm³/mol. The molecule has 456 valence electrons. The van der Waals surface area contributed by atoms with Gasteiger partial charge in [-0.15, -0.1) is 0 Å². The molecule has 0 radical (unpaired) electrons. The first-order chi connectivity index (χ1) is 41.4. The first-order valence-electron chi connectivity index (χ1n) is 30.5. The number of piperidine rings is 6. The average molecular weight is 1210 g/mol. The van der Waals surface area contributed by atoms with Gasteiger partial charge in [0, 0.05) is 60.7 Å². The number of nitrogens with one attached hydrogen (secondary N) is 2. The minimum absolute atomic E-state index is 0.00273. The van der Waals surface area contributed by atoms with Crippen molar-refractivity contribution in [3.05, 3.63) is 157 Å². The fourth-order valence-corrected chi connectivity index (χ4v) is 16.0. The zero-order valence-electron chi connectivity index (χ0n) is 48.6. The summed E-state index contributed by atoms with van der Waals surface area (Å²) in [5.41, 5.74) is 2.57. The third kappa shape index (κ3) is 14.5. The summed E-state index contributed by atoms with van der Waals surface area (Å²) in [4.78, 5) is 60.5. The van der Waals surface area contributed by atoms with Gasteiger partial charge in [-0.25, -0.2) is 16.8 Å². The Hall–Kier alpha value is -6.94. The van der Waals surface area contributed by atoms with Crippen LogP contribution in [0.25, 0.3) is 10.8 Å². The lowest BCUT2D eigenvalue weighted by Gasteiger charge is -2.52. The maximum atomic E-state index is 13.9. The Kier molecular flexibility index (Phi) is 19.5. The number of carbonyl (C=O) groups is 4. The highest BCUT2D eigenvalue weighted by Gasteiger charge is 2.53. The fraction of sp³-hybridized carbons (Fsp3) is 0.455. The monoisotopic (exact) mass is 1210 g/mol. The van der Waals surface area contributed by atoms with Gasteiger partial charge < -0.3 is 38.2 Å². The van der Waals surface area contributed by atoms with Crippen LogP contribution in [-0.4, -0.2) is 133 Å². The van der Waals surface area contributed by atoms with Gasteiger partial charge in [0.15, 0.2) is 25.3 Å². The highest BCUT2D eigenvalue weighted by Crippen LogP contribution is 2.44. The summed E-state index contributed by atoms with van der Waals surface area (Å²) in [6, 6.07) is 35.0. The molecule has 86 heavy (non-hydrogen) atoms. The largest absolute Gasteiger partial charge is 0.744 e. The van der Waals surface area contributed by atoms with Crippen molar-refractivity contribution < 1.29 is 63.6 Å². The molecule has 14 rings (SSSR count). The van der Waals surface area contributed by atoms with E-state index in [9.17, 15) is 45.1 Å². The fourth-order valence-electron chi connectivity index (χ4n) is 14.6. The molecule has 8 heterocycles.